The van der Waals surface area contributed by atoms with Gasteiger partial charge in [-0.2, -0.15) is 0 Å². The summed E-state index contributed by atoms with van der Waals surface area (Å²) in [7, 11) is 0. The van der Waals surface area contributed by atoms with Crippen molar-refractivity contribution in [3.05, 3.63) is 59.1 Å². The van der Waals surface area contributed by atoms with E-state index in [0.29, 0.717) is 19.5 Å². The first kappa shape index (κ1) is 15.3. The topological polar surface area (TPSA) is 32.8 Å². The van der Waals surface area contributed by atoms with Crippen LogP contribution in [-0.2, 0) is 11.2 Å². The van der Waals surface area contributed by atoms with Crippen molar-refractivity contribution in [2.45, 2.75) is 12.5 Å². The molecule has 2 aliphatic rings. The van der Waals surface area contributed by atoms with E-state index in [9.17, 15) is 4.79 Å². The Hall–Kier alpha value is -2.20. The number of nitrogens with zero attached hydrogens (tertiary/aromatic N) is 2. The van der Waals surface area contributed by atoms with E-state index in [-0.39, 0.29) is 12.0 Å². The molecule has 1 saturated heterocycles. The van der Waals surface area contributed by atoms with Crippen molar-refractivity contribution in [3.8, 4) is 5.75 Å². The first-order chi connectivity index (χ1) is 11.7. The van der Waals surface area contributed by atoms with Crippen LogP contribution in [0.25, 0.3) is 0 Å². The van der Waals surface area contributed by atoms with Gasteiger partial charge in [0.1, 0.15) is 5.75 Å². The first-order valence-electron chi connectivity index (χ1n) is 8.25. The van der Waals surface area contributed by atoms with Gasteiger partial charge in [-0.25, -0.2) is 0 Å². The van der Waals surface area contributed by atoms with Crippen LogP contribution in [0.2, 0.25) is 5.02 Å². The van der Waals surface area contributed by atoms with Gasteiger partial charge < -0.3 is 14.5 Å². The molecule has 1 atom stereocenters. The minimum atomic E-state index is -0.380. The fourth-order valence-electron chi connectivity index (χ4n) is 3.40. The normalized spacial score (nSPS) is 19.8. The highest BCUT2D eigenvalue weighted by Gasteiger charge is 2.33. The highest BCUT2D eigenvalue weighted by atomic mass is 35.5. The van der Waals surface area contributed by atoms with Crippen LogP contribution >= 0.6 is 11.6 Å². The van der Waals surface area contributed by atoms with Gasteiger partial charge in [0.15, 0.2) is 6.10 Å². The highest BCUT2D eigenvalue weighted by Crippen LogP contribution is 2.30. The number of benzene rings is 2. The number of amides is 1. The maximum Gasteiger partial charge on any atom is 0.264 e. The molecule has 24 heavy (non-hydrogen) atoms. The molecule has 2 aliphatic heterocycles. The molecule has 0 radical (unpaired) electrons. The Bertz CT molecular complexity index is 732. The average molecular weight is 343 g/mol. The summed E-state index contributed by atoms with van der Waals surface area (Å²) in [5.74, 6) is 0.926. The Balaban J connectivity index is 1.38. The molecule has 2 heterocycles. The van der Waals surface area contributed by atoms with Crippen LogP contribution in [0.3, 0.4) is 0 Å². The molecular formula is C19H19ClN2O2. The molecule has 5 heteroatoms. The number of para-hydroxylation sites is 2. The zero-order valence-corrected chi connectivity index (χ0v) is 14.1. The molecule has 1 amide bonds. The van der Waals surface area contributed by atoms with E-state index in [4.69, 9.17) is 16.3 Å². The molecule has 0 aromatic heterocycles. The van der Waals surface area contributed by atoms with Crippen molar-refractivity contribution < 1.29 is 9.53 Å². The lowest BCUT2D eigenvalue weighted by Crippen LogP contribution is -2.52. The number of ether oxygens (including phenoxy) is 1. The molecule has 0 spiro atoms. The average Bonchev–Trinajstić information content (AvgIpc) is 3.06. The number of fused-ring (bicyclic) bond motifs is 1. The predicted octanol–water partition coefficient (Wildman–Crippen LogP) is 2.99. The number of halogens is 1. The number of carbonyl (C=O) groups is 1. The largest absolute Gasteiger partial charge is 0.480 e. The van der Waals surface area contributed by atoms with Crippen LogP contribution in [-0.4, -0.2) is 43.1 Å². The van der Waals surface area contributed by atoms with Crippen molar-refractivity contribution in [2.24, 2.45) is 0 Å². The lowest BCUT2D eigenvalue weighted by Gasteiger charge is -2.37. The van der Waals surface area contributed by atoms with Gasteiger partial charge in [0.2, 0.25) is 0 Å². The van der Waals surface area contributed by atoms with Crippen LogP contribution in [0.4, 0.5) is 5.69 Å². The standard InChI is InChI=1S/C19H19ClN2O2/c20-15-6-2-3-7-16(15)21-9-11-22(12-10-21)19(23)18-13-14-5-1-4-8-17(14)24-18/h1-8,18H,9-13H2. The monoisotopic (exact) mass is 342 g/mol. The van der Waals surface area contributed by atoms with Crippen LogP contribution in [0.1, 0.15) is 5.56 Å². The Morgan fingerprint density at radius 2 is 1.71 bits per heavy atom. The van der Waals surface area contributed by atoms with E-state index in [1.165, 1.54) is 0 Å². The Morgan fingerprint density at radius 1 is 1.00 bits per heavy atom. The molecule has 1 unspecified atom stereocenters. The van der Waals surface area contributed by atoms with Gasteiger partial charge in [-0.3, -0.25) is 4.79 Å². The third-order valence-electron chi connectivity index (χ3n) is 4.71. The Morgan fingerprint density at radius 3 is 2.46 bits per heavy atom. The summed E-state index contributed by atoms with van der Waals surface area (Å²) in [5, 5.41) is 0.756. The zero-order valence-electron chi connectivity index (χ0n) is 13.3. The van der Waals surface area contributed by atoms with E-state index < -0.39 is 0 Å². The summed E-state index contributed by atoms with van der Waals surface area (Å²) in [5.41, 5.74) is 2.15. The lowest BCUT2D eigenvalue weighted by atomic mass is 10.1. The third kappa shape index (κ3) is 2.82. The SMILES string of the molecule is O=C(C1Cc2ccccc2O1)N1CCN(c2ccccc2Cl)CC1. The van der Waals surface area contributed by atoms with Gasteiger partial charge in [-0.1, -0.05) is 41.9 Å². The van der Waals surface area contributed by atoms with Crippen molar-refractivity contribution in [1.82, 2.24) is 4.90 Å². The number of hydrogen-bond donors (Lipinski definition) is 0. The fraction of sp³-hybridized carbons (Fsp3) is 0.316. The predicted molar refractivity (Wildman–Crippen MR) is 94.8 cm³/mol. The molecule has 1 fully saturated rings. The summed E-state index contributed by atoms with van der Waals surface area (Å²) in [4.78, 5) is 16.9. The Kier molecular flexibility index (Phi) is 4.07. The minimum Gasteiger partial charge on any atom is -0.480 e. The number of piperazine rings is 1. The molecule has 0 saturated carbocycles. The minimum absolute atomic E-state index is 0.0880. The molecule has 0 aliphatic carbocycles. The van der Waals surface area contributed by atoms with Crippen LogP contribution in [0.5, 0.6) is 5.75 Å². The van der Waals surface area contributed by atoms with Gasteiger partial charge in [0.05, 0.1) is 10.7 Å². The molecular weight excluding hydrogens is 324 g/mol. The van der Waals surface area contributed by atoms with E-state index in [0.717, 1.165) is 35.1 Å². The summed E-state index contributed by atoms with van der Waals surface area (Å²) >= 11 is 6.27. The van der Waals surface area contributed by atoms with Gasteiger partial charge in [0.25, 0.3) is 5.91 Å². The summed E-state index contributed by atoms with van der Waals surface area (Å²) in [6.07, 6.45) is 0.286. The van der Waals surface area contributed by atoms with E-state index in [1.807, 2.05) is 53.4 Å². The maximum atomic E-state index is 12.7. The van der Waals surface area contributed by atoms with E-state index in [1.54, 1.807) is 0 Å². The second-order valence-electron chi connectivity index (χ2n) is 6.18. The Labute approximate surface area is 146 Å². The third-order valence-corrected chi connectivity index (χ3v) is 5.03. The molecule has 124 valence electrons. The number of rotatable bonds is 2. The second-order valence-corrected chi connectivity index (χ2v) is 6.59. The number of anilines is 1. The molecule has 2 aromatic rings. The molecule has 4 nitrogen and oxygen atoms in total. The maximum absolute atomic E-state index is 12.7. The zero-order chi connectivity index (χ0) is 16.5. The van der Waals surface area contributed by atoms with Crippen molar-refractivity contribution in [3.63, 3.8) is 0 Å². The molecule has 0 N–H and O–H groups in total. The number of carbonyl (C=O) groups excluding carboxylic acids is 1. The second kappa shape index (κ2) is 6.36. The molecule has 0 bridgehead atoms. The highest BCUT2D eigenvalue weighted by molar-refractivity contribution is 6.33. The molecule has 2 aromatic carbocycles. The van der Waals surface area contributed by atoms with E-state index in [2.05, 4.69) is 4.90 Å². The van der Waals surface area contributed by atoms with E-state index >= 15 is 0 Å². The lowest BCUT2D eigenvalue weighted by molar-refractivity contribution is -0.138. The van der Waals surface area contributed by atoms with Crippen LogP contribution < -0.4 is 9.64 Å². The van der Waals surface area contributed by atoms with Gasteiger partial charge in [0, 0.05) is 32.6 Å². The summed E-state index contributed by atoms with van der Waals surface area (Å²) in [6, 6.07) is 15.7. The van der Waals surface area contributed by atoms with Crippen molar-refractivity contribution in [2.75, 3.05) is 31.1 Å². The van der Waals surface area contributed by atoms with Gasteiger partial charge in [-0.15, -0.1) is 0 Å². The van der Waals surface area contributed by atoms with Gasteiger partial charge >= 0.3 is 0 Å². The fourth-order valence-corrected chi connectivity index (χ4v) is 3.65. The quantitative estimate of drug-likeness (QED) is 0.841. The van der Waals surface area contributed by atoms with Crippen LogP contribution in [0.15, 0.2) is 48.5 Å². The molecule has 4 rings (SSSR count). The summed E-state index contributed by atoms with van der Waals surface area (Å²) < 4.78 is 5.83. The van der Waals surface area contributed by atoms with Crippen molar-refractivity contribution in [1.29, 1.82) is 0 Å². The first-order valence-corrected chi connectivity index (χ1v) is 8.63. The van der Waals surface area contributed by atoms with Gasteiger partial charge in [-0.05, 0) is 23.8 Å². The summed E-state index contributed by atoms with van der Waals surface area (Å²) in [6.45, 7) is 2.96. The number of hydrogen-bond acceptors (Lipinski definition) is 3. The van der Waals surface area contributed by atoms with Crippen LogP contribution in [0, 0.1) is 0 Å². The van der Waals surface area contributed by atoms with Crippen molar-refractivity contribution >= 4 is 23.2 Å². The smallest absolute Gasteiger partial charge is 0.264 e.